The minimum atomic E-state index is -0.834. The van der Waals surface area contributed by atoms with Gasteiger partial charge in [-0.15, -0.1) is 0 Å². The van der Waals surface area contributed by atoms with E-state index < -0.39 is 10.5 Å². The second-order valence-electron chi connectivity index (χ2n) is 5.99. The number of nitro groups is 1. The summed E-state index contributed by atoms with van der Waals surface area (Å²) < 4.78 is 0. The molecule has 3 N–H and O–H groups in total. The van der Waals surface area contributed by atoms with Crippen molar-refractivity contribution >= 4 is 22.7 Å². The van der Waals surface area contributed by atoms with E-state index in [-0.39, 0.29) is 5.69 Å². The van der Waals surface area contributed by atoms with Gasteiger partial charge in [-0.1, -0.05) is 13.8 Å². The Hall–Kier alpha value is -2.15. The Morgan fingerprint density at radius 2 is 2.24 bits per heavy atom. The molecule has 7 heteroatoms. The van der Waals surface area contributed by atoms with Crippen LogP contribution in [0.15, 0.2) is 18.2 Å². The van der Waals surface area contributed by atoms with Gasteiger partial charge < -0.3 is 15.4 Å². The van der Waals surface area contributed by atoms with Crippen molar-refractivity contribution < 1.29 is 10.0 Å². The van der Waals surface area contributed by atoms with Crippen LogP contribution in [0.2, 0.25) is 0 Å². The van der Waals surface area contributed by atoms with Gasteiger partial charge in [-0.3, -0.25) is 10.1 Å². The van der Waals surface area contributed by atoms with Crippen LogP contribution in [0.4, 0.5) is 11.6 Å². The normalized spacial score (nSPS) is 14.3. The van der Waals surface area contributed by atoms with Gasteiger partial charge >= 0.3 is 0 Å². The molecular weight excluding hydrogens is 272 g/mol. The predicted molar refractivity (Wildman–Crippen MR) is 81.3 cm³/mol. The summed E-state index contributed by atoms with van der Waals surface area (Å²) in [4.78, 5) is 17.6. The Morgan fingerprint density at radius 1 is 1.52 bits per heavy atom. The lowest BCUT2D eigenvalue weighted by Crippen LogP contribution is -2.35. The van der Waals surface area contributed by atoms with Gasteiger partial charge in [0.15, 0.2) is 0 Å². The first-order valence-corrected chi connectivity index (χ1v) is 6.87. The molecule has 114 valence electrons. The summed E-state index contributed by atoms with van der Waals surface area (Å²) in [5, 5.41) is 24.0. The van der Waals surface area contributed by atoms with E-state index in [9.17, 15) is 15.2 Å². The lowest BCUT2D eigenvalue weighted by Gasteiger charge is -2.25. The van der Waals surface area contributed by atoms with Gasteiger partial charge in [0.1, 0.15) is 0 Å². The standard InChI is InChI=1S/C14H20N4O3/c1-9(2)7-14(3,19)8-15-13-16-11-5-4-10(18(20)21)6-12(11)17-13/h4-6,9,19H,7-8H2,1-3H3,(H2,15,16,17). The molecule has 21 heavy (non-hydrogen) atoms. The molecule has 2 rings (SSSR count). The highest BCUT2D eigenvalue weighted by molar-refractivity contribution is 5.79. The number of fused-ring (bicyclic) bond motifs is 1. The molecule has 0 saturated carbocycles. The summed E-state index contributed by atoms with van der Waals surface area (Å²) in [7, 11) is 0. The number of imidazole rings is 1. The molecule has 1 aromatic carbocycles. The lowest BCUT2D eigenvalue weighted by atomic mass is 9.94. The zero-order valence-corrected chi connectivity index (χ0v) is 12.4. The van der Waals surface area contributed by atoms with E-state index in [1.54, 1.807) is 13.0 Å². The maximum absolute atomic E-state index is 10.7. The largest absolute Gasteiger partial charge is 0.388 e. The van der Waals surface area contributed by atoms with Gasteiger partial charge in [0.25, 0.3) is 5.69 Å². The van der Waals surface area contributed by atoms with E-state index in [2.05, 4.69) is 29.1 Å². The van der Waals surface area contributed by atoms with Crippen LogP contribution in [0.5, 0.6) is 0 Å². The molecule has 1 aromatic heterocycles. The van der Waals surface area contributed by atoms with Crippen LogP contribution >= 0.6 is 0 Å². The Morgan fingerprint density at radius 3 is 2.86 bits per heavy atom. The first-order valence-electron chi connectivity index (χ1n) is 6.87. The van der Waals surface area contributed by atoms with Crippen molar-refractivity contribution in [2.24, 2.45) is 5.92 Å². The van der Waals surface area contributed by atoms with Crippen LogP contribution in [0, 0.1) is 16.0 Å². The first kappa shape index (κ1) is 15.2. The Bertz CT molecular complexity index is 649. The number of nitrogens with zero attached hydrogens (tertiary/aromatic N) is 2. The molecule has 0 radical (unpaired) electrons. The van der Waals surface area contributed by atoms with Crippen molar-refractivity contribution in [3.8, 4) is 0 Å². The molecule has 0 aliphatic heterocycles. The fourth-order valence-corrected chi connectivity index (χ4v) is 2.42. The quantitative estimate of drug-likeness (QED) is 0.561. The number of non-ortho nitro benzene ring substituents is 1. The Balaban J connectivity index is 2.11. The van der Waals surface area contributed by atoms with Crippen molar-refractivity contribution in [2.45, 2.75) is 32.8 Å². The maximum atomic E-state index is 10.7. The van der Waals surface area contributed by atoms with Crippen molar-refractivity contribution in [2.75, 3.05) is 11.9 Å². The van der Waals surface area contributed by atoms with Crippen molar-refractivity contribution in [3.05, 3.63) is 28.3 Å². The van der Waals surface area contributed by atoms with Gasteiger partial charge in [-0.2, -0.15) is 0 Å². The molecule has 0 bridgehead atoms. The number of anilines is 1. The summed E-state index contributed by atoms with van der Waals surface area (Å²) in [6.45, 7) is 6.23. The summed E-state index contributed by atoms with van der Waals surface area (Å²) in [6, 6.07) is 4.46. The fraction of sp³-hybridized carbons (Fsp3) is 0.500. The smallest absolute Gasteiger partial charge is 0.271 e. The molecule has 0 saturated heterocycles. The second kappa shape index (κ2) is 5.69. The molecular formula is C14H20N4O3. The molecule has 0 fully saturated rings. The highest BCUT2D eigenvalue weighted by atomic mass is 16.6. The molecule has 2 aromatic rings. The molecule has 0 aliphatic carbocycles. The minimum absolute atomic E-state index is 0.0181. The average molecular weight is 292 g/mol. The fourth-order valence-electron chi connectivity index (χ4n) is 2.42. The minimum Gasteiger partial charge on any atom is -0.388 e. The third-order valence-corrected chi connectivity index (χ3v) is 3.16. The second-order valence-corrected chi connectivity index (χ2v) is 5.99. The number of aromatic amines is 1. The van der Waals surface area contributed by atoms with Crippen molar-refractivity contribution in [1.82, 2.24) is 9.97 Å². The summed E-state index contributed by atoms with van der Waals surface area (Å²) in [5.74, 6) is 0.884. The molecule has 1 atom stereocenters. The zero-order valence-electron chi connectivity index (χ0n) is 12.4. The SMILES string of the molecule is CC(C)CC(C)(O)CNc1nc2ccc([N+](=O)[O-])cc2[nH]1. The number of hydrogen-bond acceptors (Lipinski definition) is 5. The number of nitrogens with one attached hydrogen (secondary N) is 2. The van der Waals surface area contributed by atoms with E-state index >= 15 is 0 Å². The van der Waals surface area contributed by atoms with Crippen LogP contribution in [-0.4, -0.2) is 32.1 Å². The van der Waals surface area contributed by atoms with E-state index in [0.29, 0.717) is 35.9 Å². The highest BCUT2D eigenvalue weighted by Crippen LogP contribution is 2.21. The van der Waals surface area contributed by atoms with E-state index in [4.69, 9.17) is 0 Å². The number of H-pyrrole nitrogens is 1. The van der Waals surface area contributed by atoms with E-state index in [1.807, 2.05) is 0 Å². The van der Waals surface area contributed by atoms with E-state index in [0.717, 1.165) is 0 Å². The molecule has 1 unspecified atom stereocenters. The molecule has 0 amide bonds. The number of nitro benzene ring substituents is 1. The monoisotopic (exact) mass is 292 g/mol. The average Bonchev–Trinajstić information content (AvgIpc) is 2.76. The number of benzene rings is 1. The van der Waals surface area contributed by atoms with Crippen LogP contribution in [-0.2, 0) is 0 Å². The predicted octanol–water partition coefficient (Wildman–Crippen LogP) is 2.68. The van der Waals surface area contributed by atoms with Crippen LogP contribution in [0.3, 0.4) is 0 Å². The lowest BCUT2D eigenvalue weighted by molar-refractivity contribution is -0.384. The first-order chi connectivity index (χ1) is 9.77. The van der Waals surface area contributed by atoms with Crippen LogP contribution < -0.4 is 5.32 Å². The summed E-state index contributed by atoms with van der Waals surface area (Å²) in [6.07, 6.45) is 0.672. The molecule has 0 aliphatic rings. The molecule has 1 heterocycles. The summed E-state index contributed by atoms with van der Waals surface area (Å²) in [5.41, 5.74) is 0.422. The Kier molecular flexibility index (Phi) is 4.13. The molecule has 7 nitrogen and oxygen atoms in total. The summed E-state index contributed by atoms with van der Waals surface area (Å²) >= 11 is 0. The van der Waals surface area contributed by atoms with Crippen molar-refractivity contribution in [3.63, 3.8) is 0 Å². The third-order valence-electron chi connectivity index (χ3n) is 3.16. The molecule has 0 spiro atoms. The number of hydrogen-bond donors (Lipinski definition) is 3. The maximum Gasteiger partial charge on any atom is 0.271 e. The van der Waals surface area contributed by atoms with Gasteiger partial charge in [0, 0.05) is 18.7 Å². The number of aromatic nitrogens is 2. The van der Waals surface area contributed by atoms with E-state index in [1.165, 1.54) is 12.1 Å². The number of aliphatic hydroxyl groups is 1. The van der Waals surface area contributed by atoms with Gasteiger partial charge in [-0.05, 0) is 25.3 Å². The van der Waals surface area contributed by atoms with Crippen LogP contribution in [0.25, 0.3) is 11.0 Å². The Labute approximate surface area is 122 Å². The van der Waals surface area contributed by atoms with Gasteiger partial charge in [0.05, 0.1) is 21.6 Å². The van der Waals surface area contributed by atoms with Crippen LogP contribution in [0.1, 0.15) is 27.2 Å². The van der Waals surface area contributed by atoms with Crippen molar-refractivity contribution in [1.29, 1.82) is 0 Å². The third kappa shape index (κ3) is 3.91. The number of rotatable bonds is 6. The topological polar surface area (TPSA) is 104 Å². The highest BCUT2D eigenvalue weighted by Gasteiger charge is 2.22. The van der Waals surface area contributed by atoms with Gasteiger partial charge in [0.2, 0.25) is 5.95 Å². The zero-order chi connectivity index (χ0) is 15.6. The van der Waals surface area contributed by atoms with Gasteiger partial charge in [-0.25, -0.2) is 4.98 Å².